The lowest BCUT2D eigenvalue weighted by atomic mass is 9.91. The van der Waals surface area contributed by atoms with E-state index in [9.17, 15) is 22.7 Å². The molecule has 0 spiro atoms. The summed E-state index contributed by atoms with van der Waals surface area (Å²) in [6.07, 6.45) is -0.639. The maximum Gasteiger partial charge on any atom is 0.423 e. The van der Waals surface area contributed by atoms with Crippen LogP contribution in [0.3, 0.4) is 0 Å². The van der Waals surface area contributed by atoms with Crippen molar-refractivity contribution in [3.8, 4) is 5.69 Å². The third-order valence-corrected chi connectivity index (χ3v) is 5.90. The average Bonchev–Trinajstić information content (AvgIpc) is 3.26. The molecule has 0 aliphatic carbocycles. The van der Waals surface area contributed by atoms with Gasteiger partial charge in [0.2, 0.25) is 5.60 Å². The predicted octanol–water partition coefficient (Wildman–Crippen LogP) is 5.74. The van der Waals surface area contributed by atoms with Gasteiger partial charge >= 0.3 is 6.18 Å². The van der Waals surface area contributed by atoms with E-state index < -0.39 is 24.1 Å². The normalized spacial score (nSPS) is 14.0. The molecule has 4 aromatic rings. The maximum atomic E-state index is 14.3. The number of fused-ring (bicyclic) bond motifs is 1. The van der Waals surface area contributed by atoms with Gasteiger partial charge in [-0.2, -0.15) is 18.3 Å². The van der Waals surface area contributed by atoms with Crippen molar-refractivity contribution in [3.05, 3.63) is 108 Å². The zero-order valence-electron chi connectivity index (χ0n) is 19.6. The molecule has 1 atom stereocenters. The number of hydrogen-bond acceptors (Lipinski definition) is 4. The molecule has 2 heterocycles. The number of benzene rings is 2. The molecule has 5 nitrogen and oxygen atoms in total. The molecule has 0 saturated carbocycles. The summed E-state index contributed by atoms with van der Waals surface area (Å²) in [6, 6.07) is 13.1. The molecule has 0 bridgehead atoms. The van der Waals surface area contributed by atoms with E-state index in [-0.39, 0.29) is 5.56 Å². The Balaban J connectivity index is 1.70. The van der Waals surface area contributed by atoms with Crippen LogP contribution in [0.2, 0.25) is 0 Å². The third kappa shape index (κ3) is 4.74. The van der Waals surface area contributed by atoms with Crippen molar-refractivity contribution < 1.29 is 22.7 Å². The lowest BCUT2D eigenvalue weighted by molar-refractivity contribution is -0.263. The van der Waals surface area contributed by atoms with Gasteiger partial charge in [-0.3, -0.25) is 4.98 Å². The molecule has 2 aromatic carbocycles. The Morgan fingerprint density at radius 3 is 2.47 bits per heavy atom. The van der Waals surface area contributed by atoms with Crippen LogP contribution in [-0.2, 0) is 5.60 Å². The van der Waals surface area contributed by atoms with Crippen LogP contribution >= 0.6 is 0 Å². The van der Waals surface area contributed by atoms with E-state index in [4.69, 9.17) is 0 Å². The van der Waals surface area contributed by atoms with E-state index >= 15 is 0 Å². The smallest absolute Gasteiger partial charge is 0.380 e. The Morgan fingerprint density at radius 1 is 1.08 bits per heavy atom. The number of allylic oxidation sites excluding steroid dienone is 2. The molecule has 0 aliphatic rings. The molecule has 2 N–H and O–H groups in total. The van der Waals surface area contributed by atoms with E-state index in [1.807, 2.05) is 6.07 Å². The van der Waals surface area contributed by atoms with Crippen LogP contribution in [0.15, 0.2) is 79.5 Å². The van der Waals surface area contributed by atoms with E-state index in [2.05, 4.69) is 22.0 Å². The number of rotatable bonds is 7. The first kappa shape index (κ1) is 25.1. The predicted molar refractivity (Wildman–Crippen MR) is 131 cm³/mol. The van der Waals surface area contributed by atoms with Crippen LogP contribution < -0.4 is 5.32 Å². The first-order valence-electron chi connectivity index (χ1n) is 11.1. The number of aliphatic hydroxyl groups is 1. The Kier molecular flexibility index (Phi) is 6.69. The fourth-order valence-corrected chi connectivity index (χ4v) is 3.91. The first-order valence-corrected chi connectivity index (χ1v) is 11.1. The zero-order valence-corrected chi connectivity index (χ0v) is 19.6. The highest BCUT2D eigenvalue weighted by Crippen LogP contribution is 2.40. The zero-order chi connectivity index (χ0) is 26.1. The van der Waals surface area contributed by atoms with Gasteiger partial charge < -0.3 is 10.4 Å². The summed E-state index contributed by atoms with van der Waals surface area (Å²) in [7, 11) is 0. The number of pyridine rings is 1. The molecule has 0 aliphatic heterocycles. The van der Waals surface area contributed by atoms with Gasteiger partial charge in [0.25, 0.3) is 0 Å². The number of hydrogen-bond donors (Lipinski definition) is 2. The van der Waals surface area contributed by atoms with Gasteiger partial charge in [-0.25, -0.2) is 9.07 Å². The topological polar surface area (TPSA) is 63.0 Å². The number of aryl methyl sites for hydroxylation is 2. The second-order valence-electron chi connectivity index (χ2n) is 8.45. The van der Waals surface area contributed by atoms with Crippen molar-refractivity contribution in [1.29, 1.82) is 0 Å². The quantitative estimate of drug-likeness (QED) is 0.253. The van der Waals surface area contributed by atoms with Gasteiger partial charge in [-0.1, -0.05) is 24.8 Å². The summed E-state index contributed by atoms with van der Waals surface area (Å²) in [4.78, 5) is 4.43. The molecule has 4 rings (SSSR count). The van der Waals surface area contributed by atoms with Crippen LogP contribution in [0.4, 0.5) is 17.6 Å². The molecule has 186 valence electrons. The van der Waals surface area contributed by atoms with Gasteiger partial charge in [0.15, 0.2) is 0 Å². The summed E-state index contributed by atoms with van der Waals surface area (Å²) in [5.74, 6) is -0.416. The SMILES string of the molecule is C=C/C=C(/NCC(O)(c1ccc2c(cnn2-c2ccc(F)cc2)c1)C(F)(F)F)c1nc(C)ccc1C. The first-order chi connectivity index (χ1) is 17.0. The van der Waals surface area contributed by atoms with Gasteiger partial charge in [-0.05, 0) is 73.5 Å². The molecule has 0 fully saturated rings. The van der Waals surface area contributed by atoms with Crippen molar-refractivity contribution in [3.63, 3.8) is 0 Å². The van der Waals surface area contributed by atoms with Gasteiger partial charge in [0.1, 0.15) is 5.82 Å². The van der Waals surface area contributed by atoms with Gasteiger partial charge in [-0.15, -0.1) is 0 Å². The maximum absolute atomic E-state index is 14.3. The van der Waals surface area contributed by atoms with Gasteiger partial charge in [0.05, 0.1) is 35.3 Å². The van der Waals surface area contributed by atoms with Crippen molar-refractivity contribution in [2.45, 2.75) is 25.6 Å². The Hall–Kier alpha value is -3.98. The highest BCUT2D eigenvalue weighted by Gasteiger charge is 2.55. The molecule has 1 unspecified atom stereocenters. The van der Waals surface area contributed by atoms with E-state index in [0.717, 1.165) is 5.56 Å². The molecular weight excluding hydrogens is 472 g/mol. The average molecular weight is 497 g/mol. The summed E-state index contributed by atoms with van der Waals surface area (Å²) in [5, 5.41) is 18.3. The molecule has 9 heteroatoms. The summed E-state index contributed by atoms with van der Waals surface area (Å²) in [6.45, 7) is 6.35. The molecule has 0 saturated heterocycles. The number of alkyl halides is 3. The fourth-order valence-electron chi connectivity index (χ4n) is 3.91. The molecule has 0 amide bonds. The number of nitrogens with zero attached hydrogens (tertiary/aromatic N) is 3. The van der Waals surface area contributed by atoms with E-state index in [0.29, 0.717) is 33.7 Å². The summed E-state index contributed by atoms with van der Waals surface area (Å²) >= 11 is 0. The minimum atomic E-state index is -4.99. The highest BCUT2D eigenvalue weighted by atomic mass is 19.4. The standard InChI is InChI=1S/C27H24F4N4O/c1-4-5-23(25-17(2)6-7-18(3)34-25)32-16-26(36,27(29,30)31)20-8-13-24-19(14-20)15-33-35(24)22-11-9-21(28)10-12-22/h4-15,32,36H,1,16H2,2-3H3/b23-5+. The van der Waals surface area contributed by atoms with Crippen LogP contribution in [0, 0.1) is 19.7 Å². The minimum absolute atomic E-state index is 0.305. The van der Waals surface area contributed by atoms with Crippen LogP contribution in [0.5, 0.6) is 0 Å². The van der Waals surface area contributed by atoms with Crippen LogP contribution in [-0.4, -0.2) is 32.6 Å². The van der Waals surface area contributed by atoms with Crippen LogP contribution in [0.1, 0.15) is 22.5 Å². The number of halogens is 4. The largest absolute Gasteiger partial charge is 0.423 e. The Bertz CT molecular complexity index is 1440. The van der Waals surface area contributed by atoms with Crippen molar-refractivity contribution in [2.75, 3.05) is 6.54 Å². The fraction of sp³-hybridized carbons (Fsp3) is 0.185. The Labute approximate surface area is 205 Å². The van der Waals surface area contributed by atoms with E-state index in [1.54, 1.807) is 19.9 Å². The summed E-state index contributed by atoms with van der Waals surface area (Å²) in [5.41, 5.74) is -0.276. The van der Waals surface area contributed by atoms with Crippen LogP contribution in [0.25, 0.3) is 22.3 Å². The third-order valence-electron chi connectivity index (χ3n) is 5.90. The van der Waals surface area contributed by atoms with E-state index in [1.165, 1.54) is 65.5 Å². The monoisotopic (exact) mass is 496 g/mol. The van der Waals surface area contributed by atoms with Crippen molar-refractivity contribution >= 4 is 16.6 Å². The minimum Gasteiger partial charge on any atom is -0.380 e. The molecule has 2 aromatic heterocycles. The number of nitrogens with one attached hydrogen (secondary N) is 1. The number of aromatic nitrogens is 3. The lowest BCUT2D eigenvalue weighted by Gasteiger charge is -2.32. The molecule has 0 radical (unpaired) electrons. The lowest BCUT2D eigenvalue weighted by Crippen LogP contribution is -2.49. The molecule has 36 heavy (non-hydrogen) atoms. The second kappa shape index (κ2) is 9.58. The molecular formula is C27H24F4N4O. The second-order valence-corrected chi connectivity index (χ2v) is 8.45. The van der Waals surface area contributed by atoms with Crippen molar-refractivity contribution in [2.24, 2.45) is 0 Å². The highest BCUT2D eigenvalue weighted by molar-refractivity contribution is 5.81. The van der Waals surface area contributed by atoms with Gasteiger partial charge in [0, 0.05) is 11.1 Å². The summed E-state index contributed by atoms with van der Waals surface area (Å²) < 4.78 is 57.6. The van der Waals surface area contributed by atoms with Crippen molar-refractivity contribution in [1.82, 2.24) is 20.1 Å². The Morgan fingerprint density at radius 2 is 1.81 bits per heavy atom.